The van der Waals surface area contributed by atoms with Crippen molar-refractivity contribution in [3.8, 4) is 0 Å². The van der Waals surface area contributed by atoms with Crippen molar-refractivity contribution in [2.45, 2.75) is 19.8 Å². The standard InChI is InChI=1S/C17H22FN3O2/c1-12-2-5-14(18)10-15(12)19-16(22)11-20-6-8-21(9-7-20)17(23)13-3-4-13/h2,5,10,13H,3-4,6-9,11H2,1H3,(H,19,22). The normalized spacial score (nSPS) is 18.8. The largest absolute Gasteiger partial charge is 0.340 e. The van der Waals surface area contributed by atoms with E-state index in [1.54, 1.807) is 6.07 Å². The van der Waals surface area contributed by atoms with Crippen LogP contribution in [0.3, 0.4) is 0 Å². The molecule has 6 heteroatoms. The number of rotatable bonds is 4. The zero-order chi connectivity index (χ0) is 16.4. The summed E-state index contributed by atoms with van der Waals surface area (Å²) in [5.41, 5.74) is 1.34. The van der Waals surface area contributed by atoms with E-state index in [2.05, 4.69) is 5.32 Å². The zero-order valence-corrected chi connectivity index (χ0v) is 13.3. The van der Waals surface area contributed by atoms with Crippen molar-refractivity contribution in [2.75, 3.05) is 38.0 Å². The first-order valence-corrected chi connectivity index (χ1v) is 8.10. The third-order valence-corrected chi connectivity index (χ3v) is 4.45. The van der Waals surface area contributed by atoms with Crippen molar-refractivity contribution in [3.63, 3.8) is 0 Å². The summed E-state index contributed by atoms with van der Waals surface area (Å²) >= 11 is 0. The SMILES string of the molecule is Cc1ccc(F)cc1NC(=O)CN1CCN(C(=O)C2CC2)CC1. The molecule has 1 aromatic carbocycles. The van der Waals surface area contributed by atoms with Gasteiger partial charge in [-0.15, -0.1) is 0 Å². The highest BCUT2D eigenvalue weighted by Gasteiger charge is 2.34. The lowest BCUT2D eigenvalue weighted by Gasteiger charge is -2.34. The number of piperazine rings is 1. The Kier molecular flexibility index (Phi) is 4.61. The molecule has 1 saturated heterocycles. The summed E-state index contributed by atoms with van der Waals surface area (Å²) in [6.07, 6.45) is 2.04. The Balaban J connectivity index is 1.47. The fourth-order valence-corrected chi connectivity index (χ4v) is 2.84. The third-order valence-electron chi connectivity index (χ3n) is 4.45. The Labute approximate surface area is 135 Å². The Morgan fingerprint density at radius 2 is 1.91 bits per heavy atom. The maximum atomic E-state index is 13.2. The fourth-order valence-electron chi connectivity index (χ4n) is 2.84. The molecule has 0 bridgehead atoms. The van der Waals surface area contributed by atoms with Crippen LogP contribution in [0.25, 0.3) is 0 Å². The number of hydrogen-bond acceptors (Lipinski definition) is 3. The minimum atomic E-state index is -0.363. The van der Waals surface area contributed by atoms with Gasteiger partial charge in [-0.25, -0.2) is 4.39 Å². The second kappa shape index (κ2) is 6.66. The van der Waals surface area contributed by atoms with Crippen LogP contribution in [0.1, 0.15) is 18.4 Å². The second-order valence-electron chi connectivity index (χ2n) is 6.38. The van der Waals surface area contributed by atoms with E-state index in [4.69, 9.17) is 0 Å². The summed E-state index contributed by atoms with van der Waals surface area (Å²) in [6, 6.07) is 4.35. The van der Waals surface area contributed by atoms with Gasteiger partial charge >= 0.3 is 0 Å². The molecule has 2 aliphatic rings. The molecule has 5 nitrogen and oxygen atoms in total. The second-order valence-corrected chi connectivity index (χ2v) is 6.38. The summed E-state index contributed by atoms with van der Waals surface area (Å²) in [5.74, 6) is 0.00376. The van der Waals surface area contributed by atoms with Crippen molar-refractivity contribution in [3.05, 3.63) is 29.6 Å². The van der Waals surface area contributed by atoms with Crippen LogP contribution in [0.4, 0.5) is 10.1 Å². The van der Waals surface area contributed by atoms with Gasteiger partial charge in [-0.1, -0.05) is 6.07 Å². The number of benzene rings is 1. The van der Waals surface area contributed by atoms with Gasteiger partial charge in [0.1, 0.15) is 5.82 Å². The van der Waals surface area contributed by atoms with Crippen LogP contribution in [0, 0.1) is 18.7 Å². The third kappa shape index (κ3) is 4.07. The van der Waals surface area contributed by atoms with E-state index in [1.165, 1.54) is 12.1 Å². The predicted molar refractivity (Wildman–Crippen MR) is 85.5 cm³/mol. The van der Waals surface area contributed by atoms with Gasteiger partial charge in [0.05, 0.1) is 6.54 Å². The first-order valence-electron chi connectivity index (χ1n) is 8.10. The van der Waals surface area contributed by atoms with Crippen LogP contribution >= 0.6 is 0 Å². The molecule has 23 heavy (non-hydrogen) atoms. The Morgan fingerprint density at radius 3 is 2.57 bits per heavy atom. The molecule has 1 heterocycles. The molecule has 1 aromatic rings. The highest BCUT2D eigenvalue weighted by atomic mass is 19.1. The van der Waals surface area contributed by atoms with Gasteiger partial charge in [0.25, 0.3) is 0 Å². The summed E-state index contributed by atoms with van der Waals surface area (Å²) in [5, 5.41) is 2.76. The summed E-state index contributed by atoms with van der Waals surface area (Å²) in [7, 11) is 0. The maximum Gasteiger partial charge on any atom is 0.238 e. The Bertz CT molecular complexity index is 608. The van der Waals surface area contributed by atoms with Crippen molar-refractivity contribution in [1.82, 2.24) is 9.80 Å². The quantitative estimate of drug-likeness (QED) is 0.918. The first kappa shape index (κ1) is 15.9. The van der Waals surface area contributed by atoms with Crippen LogP contribution < -0.4 is 5.32 Å². The van der Waals surface area contributed by atoms with Crippen LogP contribution in [-0.2, 0) is 9.59 Å². The molecule has 124 valence electrons. The summed E-state index contributed by atoms with van der Waals surface area (Å²) in [6.45, 7) is 4.87. The topological polar surface area (TPSA) is 52.7 Å². The van der Waals surface area contributed by atoms with Crippen molar-refractivity contribution < 1.29 is 14.0 Å². The lowest BCUT2D eigenvalue weighted by atomic mass is 10.2. The van der Waals surface area contributed by atoms with Crippen molar-refractivity contribution in [1.29, 1.82) is 0 Å². The molecule has 0 radical (unpaired) electrons. The minimum Gasteiger partial charge on any atom is -0.340 e. The summed E-state index contributed by atoms with van der Waals surface area (Å²) < 4.78 is 13.2. The summed E-state index contributed by atoms with van der Waals surface area (Å²) in [4.78, 5) is 28.0. The number of carbonyl (C=O) groups excluding carboxylic acids is 2. The average molecular weight is 319 g/mol. The number of carbonyl (C=O) groups is 2. The first-order chi connectivity index (χ1) is 11.0. The number of hydrogen-bond donors (Lipinski definition) is 1. The van der Waals surface area contributed by atoms with E-state index in [9.17, 15) is 14.0 Å². The molecule has 1 aliphatic carbocycles. The van der Waals surface area contributed by atoms with Crippen LogP contribution in [0.15, 0.2) is 18.2 Å². The number of aryl methyl sites for hydroxylation is 1. The maximum absolute atomic E-state index is 13.2. The molecule has 1 N–H and O–H groups in total. The monoisotopic (exact) mass is 319 g/mol. The van der Waals surface area contributed by atoms with Crippen LogP contribution in [0.5, 0.6) is 0 Å². The number of nitrogens with zero attached hydrogens (tertiary/aromatic N) is 2. The number of nitrogens with one attached hydrogen (secondary N) is 1. The van der Waals surface area contributed by atoms with E-state index < -0.39 is 0 Å². The molecular formula is C17H22FN3O2. The molecule has 0 unspecified atom stereocenters. The number of halogens is 1. The van der Waals surface area contributed by atoms with E-state index >= 15 is 0 Å². The molecule has 3 rings (SSSR count). The molecule has 2 amide bonds. The lowest BCUT2D eigenvalue weighted by molar-refractivity contribution is -0.134. The van der Waals surface area contributed by atoms with Crippen molar-refractivity contribution in [2.24, 2.45) is 5.92 Å². The molecule has 0 aromatic heterocycles. The molecular weight excluding hydrogens is 297 g/mol. The van der Waals surface area contributed by atoms with Gasteiger partial charge in [-0.3, -0.25) is 14.5 Å². The Morgan fingerprint density at radius 1 is 1.22 bits per heavy atom. The molecule has 1 aliphatic heterocycles. The molecule has 2 fully saturated rings. The smallest absolute Gasteiger partial charge is 0.238 e. The van der Waals surface area contributed by atoms with E-state index in [0.717, 1.165) is 18.4 Å². The van der Waals surface area contributed by atoms with E-state index in [-0.39, 0.29) is 30.1 Å². The van der Waals surface area contributed by atoms with Gasteiger partial charge in [0.2, 0.25) is 11.8 Å². The number of amides is 2. The van der Waals surface area contributed by atoms with Gasteiger partial charge in [0, 0.05) is 37.8 Å². The molecule has 1 saturated carbocycles. The lowest BCUT2D eigenvalue weighted by Crippen LogP contribution is -2.50. The van der Waals surface area contributed by atoms with Crippen LogP contribution in [-0.4, -0.2) is 54.3 Å². The van der Waals surface area contributed by atoms with Gasteiger partial charge in [0.15, 0.2) is 0 Å². The Hall–Kier alpha value is -1.95. The van der Waals surface area contributed by atoms with Gasteiger partial charge in [-0.05, 0) is 37.5 Å². The van der Waals surface area contributed by atoms with Crippen molar-refractivity contribution >= 4 is 17.5 Å². The van der Waals surface area contributed by atoms with Gasteiger partial charge < -0.3 is 10.2 Å². The minimum absolute atomic E-state index is 0.152. The van der Waals surface area contributed by atoms with Crippen LogP contribution in [0.2, 0.25) is 0 Å². The highest BCUT2D eigenvalue weighted by molar-refractivity contribution is 5.93. The average Bonchev–Trinajstić information content (AvgIpc) is 3.36. The molecule has 0 spiro atoms. The van der Waals surface area contributed by atoms with E-state index in [0.29, 0.717) is 31.9 Å². The zero-order valence-electron chi connectivity index (χ0n) is 13.3. The number of anilines is 1. The molecule has 0 atom stereocenters. The fraction of sp³-hybridized carbons (Fsp3) is 0.529. The van der Waals surface area contributed by atoms with Gasteiger partial charge in [-0.2, -0.15) is 0 Å². The van der Waals surface area contributed by atoms with E-state index in [1.807, 2.05) is 16.7 Å². The predicted octanol–water partition coefficient (Wildman–Crippen LogP) is 1.63. The highest BCUT2D eigenvalue weighted by Crippen LogP contribution is 2.31.